The minimum absolute atomic E-state index is 0.180. The Kier molecular flexibility index (Phi) is 6.57. The Hall–Kier alpha value is -3.57. The van der Waals surface area contributed by atoms with Crippen molar-refractivity contribution in [1.29, 1.82) is 0 Å². The Balaban J connectivity index is 1.32. The lowest BCUT2D eigenvalue weighted by atomic mass is 10.1. The van der Waals surface area contributed by atoms with E-state index < -0.39 is 0 Å². The van der Waals surface area contributed by atoms with Crippen molar-refractivity contribution in [3.05, 3.63) is 112 Å². The smallest absolute Gasteiger partial charge is 0.255 e. The summed E-state index contributed by atoms with van der Waals surface area (Å²) in [5.74, 6) is 0.581. The second-order valence-electron chi connectivity index (χ2n) is 7.77. The number of nitrogens with one attached hydrogen (secondary N) is 1. The number of hydrogen-bond acceptors (Lipinski definition) is 3. The summed E-state index contributed by atoms with van der Waals surface area (Å²) in [5, 5.41) is 7.96. The van der Waals surface area contributed by atoms with Crippen LogP contribution in [0, 0.1) is 13.8 Å². The van der Waals surface area contributed by atoms with Crippen LogP contribution in [-0.4, -0.2) is 15.7 Å². The summed E-state index contributed by atoms with van der Waals surface area (Å²) in [7, 11) is 0. The molecule has 0 fully saturated rings. The zero-order chi connectivity index (χ0) is 22.5. The lowest BCUT2D eigenvalue weighted by molar-refractivity contribution is 0.102. The number of aryl methyl sites for hydroxylation is 2. The van der Waals surface area contributed by atoms with Crippen LogP contribution in [0.25, 0.3) is 0 Å². The van der Waals surface area contributed by atoms with Gasteiger partial charge >= 0.3 is 0 Å². The normalized spacial score (nSPS) is 10.7. The number of anilines is 1. The molecule has 0 unspecified atom stereocenters. The van der Waals surface area contributed by atoms with Crippen molar-refractivity contribution in [3.8, 4) is 5.75 Å². The predicted octanol–water partition coefficient (Wildman–Crippen LogP) is 6.03. The Morgan fingerprint density at radius 1 is 1.03 bits per heavy atom. The molecule has 0 aliphatic rings. The van der Waals surface area contributed by atoms with Gasteiger partial charge in [-0.15, -0.1) is 0 Å². The molecule has 4 aromatic rings. The number of halogens is 1. The van der Waals surface area contributed by atoms with Gasteiger partial charge in [0.1, 0.15) is 12.4 Å². The number of ether oxygens (including phenoxy) is 1. The minimum atomic E-state index is -0.180. The number of nitrogens with zero attached hydrogens (tertiary/aromatic N) is 2. The van der Waals surface area contributed by atoms with Crippen molar-refractivity contribution < 1.29 is 9.53 Å². The van der Waals surface area contributed by atoms with Gasteiger partial charge in [-0.25, -0.2) is 0 Å². The van der Waals surface area contributed by atoms with E-state index in [0.29, 0.717) is 29.4 Å². The number of benzene rings is 3. The molecular weight excluding hydrogens is 422 g/mol. The molecule has 0 aliphatic heterocycles. The summed E-state index contributed by atoms with van der Waals surface area (Å²) < 4.78 is 7.62. The van der Waals surface area contributed by atoms with E-state index >= 15 is 0 Å². The van der Waals surface area contributed by atoms with Crippen molar-refractivity contribution in [1.82, 2.24) is 9.78 Å². The zero-order valence-electron chi connectivity index (χ0n) is 18.0. The maximum atomic E-state index is 12.6. The highest BCUT2D eigenvalue weighted by Crippen LogP contribution is 2.22. The van der Waals surface area contributed by atoms with Gasteiger partial charge in [0.05, 0.1) is 18.4 Å². The molecule has 0 atom stereocenters. The van der Waals surface area contributed by atoms with Gasteiger partial charge in [0.15, 0.2) is 0 Å². The summed E-state index contributed by atoms with van der Waals surface area (Å²) in [5.41, 5.74) is 5.55. The van der Waals surface area contributed by atoms with Gasteiger partial charge in [-0.05, 0) is 60.9 Å². The Morgan fingerprint density at radius 3 is 2.59 bits per heavy atom. The highest BCUT2D eigenvalue weighted by atomic mass is 35.5. The molecule has 162 valence electrons. The predicted molar refractivity (Wildman–Crippen MR) is 127 cm³/mol. The molecule has 0 spiro atoms. The Labute approximate surface area is 192 Å². The van der Waals surface area contributed by atoms with E-state index in [1.807, 2.05) is 54.2 Å². The summed E-state index contributed by atoms with van der Waals surface area (Å²) in [6, 6.07) is 21.2. The van der Waals surface area contributed by atoms with E-state index in [4.69, 9.17) is 16.3 Å². The number of aromatic nitrogens is 2. The van der Waals surface area contributed by atoms with Crippen LogP contribution in [0.15, 0.2) is 79.1 Å². The standard InChI is InChI=1S/C26H24ClN3O2/c1-18-4-3-5-21(12-18)15-30-16-23(14-28-30)29-26(31)22-8-6-20(7-9-22)17-32-24-10-11-25(27)19(2)13-24/h3-14,16H,15,17H2,1-2H3,(H,29,31). The SMILES string of the molecule is Cc1cccc(Cn2cc(NC(=O)c3ccc(COc4ccc(Cl)c(C)c4)cc3)cn2)c1. The van der Waals surface area contributed by atoms with E-state index in [-0.39, 0.29) is 5.91 Å². The van der Waals surface area contributed by atoms with Crippen LogP contribution < -0.4 is 10.1 Å². The first kappa shape index (κ1) is 21.7. The Bertz CT molecular complexity index is 1230. The van der Waals surface area contributed by atoms with Crippen molar-refractivity contribution in [2.45, 2.75) is 27.0 Å². The number of amides is 1. The van der Waals surface area contributed by atoms with Crippen molar-refractivity contribution >= 4 is 23.2 Å². The second-order valence-corrected chi connectivity index (χ2v) is 8.17. The monoisotopic (exact) mass is 445 g/mol. The molecule has 6 heteroatoms. The minimum Gasteiger partial charge on any atom is -0.489 e. The molecule has 0 saturated heterocycles. The van der Waals surface area contributed by atoms with E-state index in [0.717, 1.165) is 22.4 Å². The highest BCUT2D eigenvalue weighted by Gasteiger charge is 2.09. The van der Waals surface area contributed by atoms with Gasteiger partial charge in [0.25, 0.3) is 5.91 Å². The van der Waals surface area contributed by atoms with Crippen LogP contribution in [-0.2, 0) is 13.2 Å². The van der Waals surface area contributed by atoms with E-state index in [1.54, 1.807) is 18.3 Å². The number of carbonyl (C=O) groups excluding carboxylic acids is 1. The first-order valence-corrected chi connectivity index (χ1v) is 10.7. The molecule has 1 N–H and O–H groups in total. The lowest BCUT2D eigenvalue weighted by Gasteiger charge is -2.09. The maximum absolute atomic E-state index is 12.6. The third-order valence-electron chi connectivity index (χ3n) is 5.07. The first-order chi connectivity index (χ1) is 15.5. The summed E-state index contributed by atoms with van der Waals surface area (Å²) >= 11 is 6.05. The van der Waals surface area contributed by atoms with Crippen molar-refractivity contribution in [2.75, 3.05) is 5.32 Å². The molecule has 0 radical (unpaired) electrons. The van der Waals surface area contributed by atoms with Gasteiger partial charge in [-0.2, -0.15) is 5.10 Å². The average molecular weight is 446 g/mol. The highest BCUT2D eigenvalue weighted by molar-refractivity contribution is 6.31. The molecule has 4 rings (SSSR count). The van der Waals surface area contributed by atoms with Crippen LogP contribution in [0.5, 0.6) is 5.75 Å². The molecular formula is C26H24ClN3O2. The van der Waals surface area contributed by atoms with Crippen LogP contribution >= 0.6 is 11.6 Å². The zero-order valence-corrected chi connectivity index (χ0v) is 18.8. The van der Waals surface area contributed by atoms with Crippen molar-refractivity contribution in [2.24, 2.45) is 0 Å². The third kappa shape index (κ3) is 5.56. The fraction of sp³-hybridized carbons (Fsp3) is 0.154. The average Bonchev–Trinajstić information content (AvgIpc) is 3.21. The summed E-state index contributed by atoms with van der Waals surface area (Å²) in [6.45, 7) is 5.07. The van der Waals surface area contributed by atoms with E-state index in [9.17, 15) is 4.79 Å². The maximum Gasteiger partial charge on any atom is 0.255 e. The van der Waals surface area contributed by atoms with E-state index in [2.05, 4.69) is 35.5 Å². The largest absolute Gasteiger partial charge is 0.489 e. The molecule has 1 amide bonds. The molecule has 0 saturated carbocycles. The van der Waals surface area contributed by atoms with Crippen LogP contribution in [0.1, 0.15) is 32.6 Å². The lowest BCUT2D eigenvalue weighted by Crippen LogP contribution is -2.11. The number of rotatable bonds is 7. The van der Waals surface area contributed by atoms with Gasteiger partial charge in [-0.3, -0.25) is 9.48 Å². The first-order valence-electron chi connectivity index (χ1n) is 10.3. The molecule has 3 aromatic carbocycles. The van der Waals surface area contributed by atoms with Gasteiger partial charge in [0.2, 0.25) is 0 Å². The number of hydrogen-bond donors (Lipinski definition) is 1. The summed E-state index contributed by atoms with van der Waals surface area (Å²) in [4.78, 5) is 12.6. The molecule has 1 heterocycles. The van der Waals surface area contributed by atoms with Crippen LogP contribution in [0.2, 0.25) is 5.02 Å². The number of carbonyl (C=O) groups is 1. The van der Waals surface area contributed by atoms with E-state index in [1.165, 1.54) is 5.56 Å². The molecule has 1 aromatic heterocycles. The van der Waals surface area contributed by atoms with Gasteiger partial charge in [0, 0.05) is 16.8 Å². The fourth-order valence-electron chi connectivity index (χ4n) is 3.34. The molecule has 5 nitrogen and oxygen atoms in total. The second kappa shape index (κ2) is 9.71. The van der Waals surface area contributed by atoms with Crippen LogP contribution in [0.4, 0.5) is 5.69 Å². The quantitative estimate of drug-likeness (QED) is 0.377. The molecule has 32 heavy (non-hydrogen) atoms. The Morgan fingerprint density at radius 2 is 1.84 bits per heavy atom. The fourth-order valence-corrected chi connectivity index (χ4v) is 3.46. The molecule has 0 aliphatic carbocycles. The van der Waals surface area contributed by atoms with Crippen molar-refractivity contribution in [3.63, 3.8) is 0 Å². The summed E-state index contributed by atoms with van der Waals surface area (Å²) in [6.07, 6.45) is 3.49. The van der Waals surface area contributed by atoms with Crippen LogP contribution in [0.3, 0.4) is 0 Å². The van der Waals surface area contributed by atoms with Gasteiger partial charge in [-0.1, -0.05) is 53.6 Å². The topological polar surface area (TPSA) is 56.2 Å². The van der Waals surface area contributed by atoms with Gasteiger partial charge < -0.3 is 10.1 Å². The third-order valence-corrected chi connectivity index (χ3v) is 5.49. The molecule has 0 bridgehead atoms.